The van der Waals surface area contributed by atoms with Crippen LogP contribution in [-0.4, -0.2) is 47.8 Å². The predicted molar refractivity (Wildman–Crippen MR) is 31.5 cm³/mol. The molecule has 0 bridgehead atoms. The second-order valence-electron chi connectivity index (χ2n) is 2.73. The molecular weight excluding hydrogens is 136 g/mol. The molecule has 4 nitrogen and oxygen atoms in total. The smallest absolute Gasteiger partial charge is 0.114 e. The summed E-state index contributed by atoms with van der Waals surface area (Å²) in [5.74, 6) is 0. The molecule has 0 aromatic heterocycles. The Morgan fingerprint density at radius 3 is 1.70 bits per heavy atom. The van der Waals surface area contributed by atoms with E-state index in [1.807, 2.05) is 0 Å². The van der Waals surface area contributed by atoms with Crippen LogP contribution in [0.15, 0.2) is 0 Å². The van der Waals surface area contributed by atoms with Crippen molar-refractivity contribution in [1.82, 2.24) is 0 Å². The van der Waals surface area contributed by atoms with E-state index in [1.165, 1.54) is 0 Å². The molecule has 58 valence electrons. The van der Waals surface area contributed by atoms with Gasteiger partial charge in [0.25, 0.3) is 0 Å². The Bertz CT molecular complexity index is 122. The molecule has 4 heteroatoms. The van der Waals surface area contributed by atoms with Gasteiger partial charge in [-0.3, -0.25) is 0 Å². The third-order valence-corrected chi connectivity index (χ3v) is 2.00. The van der Waals surface area contributed by atoms with E-state index in [0.29, 0.717) is 0 Å². The van der Waals surface area contributed by atoms with Crippen molar-refractivity contribution < 1.29 is 19.7 Å². The van der Waals surface area contributed by atoms with Crippen molar-refractivity contribution in [1.29, 1.82) is 0 Å². The van der Waals surface area contributed by atoms with Gasteiger partial charge in [-0.25, -0.2) is 0 Å². The minimum absolute atomic E-state index is 0.284. The van der Waals surface area contributed by atoms with E-state index in [-0.39, 0.29) is 25.4 Å². The van der Waals surface area contributed by atoms with Crippen LogP contribution in [0.5, 0.6) is 0 Å². The summed E-state index contributed by atoms with van der Waals surface area (Å²) in [5.41, 5.74) is 0. The molecule has 2 saturated heterocycles. The van der Waals surface area contributed by atoms with E-state index in [2.05, 4.69) is 0 Å². The van der Waals surface area contributed by atoms with Gasteiger partial charge in [0, 0.05) is 0 Å². The van der Waals surface area contributed by atoms with Crippen molar-refractivity contribution >= 4 is 0 Å². The summed E-state index contributed by atoms with van der Waals surface area (Å²) in [7, 11) is 0. The number of rotatable bonds is 0. The number of hydrogen-bond acceptors (Lipinski definition) is 4. The van der Waals surface area contributed by atoms with E-state index in [1.54, 1.807) is 0 Å². The zero-order valence-corrected chi connectivity index (χ0v) is 5.43. The highest BCUT2D eigenvalue weighted by Gasteiger charge is 2.46. The maximum Gasteiger partial charge on any atom is 0.114 e. The predicted octanol–water partition coefficient (Wildman–Crippen LogP) is -1.49. The molecule has 0 radical (unpaired) electrons. The lowest BCUT2D eigenvalue weighted by atomic mass is 10.1. The number of hydrogen-bond donors (Lipinski definition) is 2. The van der Waals surface area contributed by atoms with Crippen molar-refractivity contribution in [3.63, 3.8) is 0 Å². The zero-order valence-electron chi connectivity index (χ0n) is 5.43. The quantitative estimate of drug-likeness (QED) is 0.437. The fourth-order valence-corrected chi connectivity index (χ4v) is 1.46. The fraction of sp³-hybridized carbons (Fsp3) is 1.00. The van der Waals surface area contributed by atoms with Crippen LogP contribution in [0.3, 0.4) is 0 Å². The molecule has 0 aliphatic carbocycles. The lowest BCUT2D eigenvalue weighted by Gasteiger charge is -2.09. The molecule has 0 spiro atoms. The Hall–Kier alpha value is -0.160. The third-order valence-electron chi connectivity index (χ3n) is 2.00. The highest BCUT2D eigenvalue weighted by molar-refractivity contribution is 4.93. The monoisotopic (exact) mass is 146 g/mol. The summed E-state index contributed by atoms with van der Waals surface area (Å²) in [6.07, 6.45) is -1.70. The normalized spacial score (nSPS) is 53.4. The van der Waals surface area contributed by atoms with Gasteiger partial charge in [-0.2, -0.15) is 0 Å². The zero-order chi connectivity index (χ0) is 7.14. The molecule has 0 amide bonds. The lowest BCUT2D eigenvalue weighted by Crippen LogP contribution is -2.30. The van der Waals surface area contributed by atoms with Crippen molar-refractivity contribution in [3.8, 4) is 0 Å². The van der Waals surface area contributed by atoms with E-state index in [9.17, 15) is 0 Å². The lowest BCUT2D eigenvalue weighted by molar-refractivity contribution is 0.00205. The van der Waals surface area contributed by atoms with Crippen LogP contribution in [0.1, 0.15) is 0 Å². The summed E-state index contributed by atoms with van der Waals surface area (Å²) in [4.78, 5) is 0. The summed E-state index contributed by atoms with van der Waals surface area (Å²) in [5, 5.41) is 18.3. The minimum Gasteiger partial charge on any atom is -0.388 e. The van der Waals surface area contributed by atoms with Gasteiger partial charge in [0.2, 0.25) is 0 Å². The molecule has 0 saturated carbocycles. The van der Waals surface area contributed by atoms with Gasteiger partial charge in [-0.05, 0) is 0 Å². The second-order valence-corrected chi connectivity index (χ2v) is 2.73. The fourth-order valence-electron chi connectivity index (χ4n) is 1.46. The Kier molecular flexibility index (Phi) is 1.42. The van der Waals surface area contributed by atoms with Crippen molar-refractivity contribution in [3.05, 3.63) is 0 Å². The topological polar surface area (TPSA) is 58.9 Å². The Labute approximate surface area is 58.4 Å². The van der Waals surface area contributed by atoms with Crippen molar-refractivity contribution in [2.75, 3.05) is 13.2 Å². The van der Waals surface area contributed by atoms with Gasteiger partial charge >= 0.3 is 0 Å². The van der Waals surface area contributed by atoms with Crippen LogP contribution in [0.2, 0.25) is 0 Å². The van der Waals surface area contributed by atoms with Crippen LogP contribution >= 0.6 is 0 Å². The maximum absolute atomic E-state index is 9.16. The summed E-state index contributed by atoms with van der Waals surface area (Å²) in [6.45, 7) is 0.568. The first-order chi connectivity index (χ1) is 4.79. The Balaban J connectivity index is 2.09. The van der Waals surface area contributed by atoms with Crippen LogP contribution in [0.25, 0.3) is 0 Å². The molecule has 4 atom stereocenters. The average Bonchev–Trinajstić information content (AvgIpc) is 2.41. The Morgan fingerprint density at radius 1 is 0.900 bits per heavy atom. The highest BCUT2D eigenvalue weighted by atomic mass is 16.6. The average molecular weight is 146 g/mol. The highest BCUT2D eigenvalue weighted by Crippen LogP contribution is 2.26. The first-order valence-corrected chi connectivity index (χ1v) is 3.38. The van der Waals surface area contributed by atoms with Crippen LogP contribution in [0.4, 0.5) is 0 Å². The summed E-state index contributed by atoms with van der Waals surface area (Å²) < 4.78 is 10.2. The van der Waals surface area contributed by atoms with E-state index in [4.69, 9.17) is 19.7 Å². The molecule has 0 aromatic carbocycles. The van der Waals surface area contributed by atoms with Gasteiger partial charge in [0.1, 0.15) is 24.4 Å². The summed E-state index contributed by atoms with van der Waals surface area (Å²) in [6, 6.07) is 0. The Morgan fingerprint density at radius 2 is 1.30 bits per heavy atom. The van der Waals surface area contributed by atoms with Crippen LogP contribution in [-0.2, 0) is 9.47 Å². The molecule has 10 heavy (non-hydrogen) atoms. The second kappa shape index (κ2) is 2.17. The van der Waals surface area contributed by atoms with Gasteiger partial charge in [0.05, 0.1) is 13.2 Å². The standard InChI is InChI=1S/C6H10O4/c7-3-1-9-6-4(8)2-10-5(3)6/h3-8H,1-2H2/t3?,4?,5-,6-/m1/s1. The largest absolute Gasteiger partial charge is 0.388 e. The van der Waals surface area contributed by atoms with E-state index < -0.39 is 12.2 Å². The SMILES string of the molecule is OC1CO[C@@H]2C(O)CO[C@H]12. The molecule has 0 aromatic rings. The van der Waals surface area contributed by atoms with Gasteiger partial charge in [-0.1, -0.05) is 0 Å². The molecule has 2 aliphatic heterocycles. The van der Waals surface area contributed by atoms with E-state index in [0.717, 1.165) is 0 Å². The molecule has 2 N–H and O–H groups in total. The number of fused-ring (bicyclic) bond motifs is 1. The number of aliphatic hydroxyl groups is 2. The van der Waals surface area contributed by atoms with Crippen LogP contribution in [0, 0.1) is 0 Å². The summed E-state index contributed by atoms with van der Waals surface area (Å²) >= 11 is 0. The molecule has 2 rings (SSSR count). The molecule has 2 fully saturated rings. The minimum atomic E-state index is -0.554. The molecule has 2 heterocycles. The maximum atomic E-state index is 9.16. The van der Waals surface area contributed by atoms with Gasteiger partial charge in [-0.15, -0.1) is 0 Å². The van der Waals surface area contributed by atoms with Crippen LogP contribution < -0.4 is 0 Å². The number of aliphatic hydroxyl groups excluding tert-OH is 2. The molecule has 2 aliphatic rings. The first kappa shape index (κ1) is 6.54. The third kappa shape index (κ3) is 0.769. The van der Waals surface area contributed by atoms with Crippen molar-refractivity contribution in [2.45, 2.75) is 24.4 Å². The van der Waals surface area contributed by atoms with E-state index >= 15 is 0 Å². The van der Waals surface area contributed by atoms with Gasteiger partial charge < -0.3 is 19.7 Å². The van der Waals surface area contributed by atoms with Crippen molar-refractivity contribution in [2.24, 2.45) is 0 Å². The number of ether oxygens (including phenoxy) is 2. The van der Waals surface area contributed by atoms with Gasteiger partial charge in [0.15, 0.2) is 0 Å². The molecular formula is C6H10O4. The first-order valence-electron chi connectivity index (χ1n) is 3.38. The molecule has 2 unspecified atom stereocenters.